The topological polar surface area (TPSA) is 81.8 Å². The largest absolute Gasteiger partial charge is 0.365 e. The van der Waals surface area contributed by atoms with Crippen molar-refractivity contribution in [3.8, 4) is 0 Å². The Morgan fingerprint density at radius 2 is 2.00 bits per heavy atom. The van der Waals surface area contributed by atoms with Gasteiger partial charge in [-0.05, 0) is 6.07 Å². The quantitative estimate of drug-likeness (QED) is 0.748. The van der Waals surface area contributed by atoms with Crippen molar-refractivity contribution in [1.29, 1.82) is 0 Å². The maximum absolute atomic E-state index is 10.3. The lowest BCUT2D eigenvalue weighted by Gasteiger charge is -1.78. The van der Waals surface area contributed by atoms with Crippen LogP contribution in [0.1, 0.15) is 9.67 Å². The average molecular weight is 208 g/mol. The van der Waals surface area contributed by atoms with Gasteiger partial charge in [0.15, 0.2) is 0 Å². The molecule has 0 saturated carbocycles. The monoisotopic (exact) mass is 208 g/mol. The molecule has 0 aliphatic rings. The van der Waals surface area contributed by atoms with Crippen LogP contribution in [0.5, 0.6) is 0 Å². The van der Waals surface area contributed by atoms with E-state index >= 15 is 0 Å². The molecule has 0 aliphatic heterocycles. The summed E-state index contributed by atoms with van der Waals surface area (Å²) in [6.07, 6.45) is 6.33. The van der Waals surface area contributed by atoms with Gasteiger partial charge in [-0.2, -0.15) is 0 Å². The van der Waals surface area contributed by atoms with E-state index in [0.717, 1.165) is 0 Å². The molecule has 0 aromatic carbocycles. The second kappa shape index (κ2) is 5.76. The fourth-order valence-electron chi connectivity index (χ4n) is 0.591. The Labute approximate surface area is 84.7 Å². The zero-order valence-electron chi connectivity index (χ0n) is 7.20. The Balaban J connectivity index is 0.000000146. The molecule has 0 unspecified atom stereocenters. The highest BCUT2D eigenvalue weighted by molar-refractivity contribution is 7.11. The number of thiazole rings is 1. The smallest absolute Gasteiger partial charge is 0.260 e. The van der Waals surface area contributed by atoms with Gasteiger partial charge < -0.3 is 5.73 Å². The molecule has 72 valence electrons. The molecule has 1 amide bonds. The number of hydrogen-bond acceptors (Lipinski definition) is 5. The van der Waals surface area contributed by atoms with Crippen LogP contribution in [-0.4, -0.2) is 20.9 Å². The molecular formula is C8H8N4OS. The number of nitrogens with zero attached hydrogens (tertiary/aromatic N) is 3. The number of rotatable bonds is 1. The van der Waals surface area contributed by atoms with E-state index in [1.807, 2.05) is 0 Å². The summed E-state index contributed by atoms with van der Waals surface area (Å²) in [5.74, 6) is -0.410. The van der Waals surface area contributed by atoms with Crippen molar-refractivity contribution in [2.24, 2.45) is 5.73 Å². The predicted molar refractivity (Wildman–Crippen MR) is 52.7 cm³/mol. The molecule has 0 radical (unpaired) electrons. The summed E-state index contributed by atoms with van der Waals surface area (Å²) in [5.41, 5.74) is 6.46. The second-order valence-corrected chi connectivity index (χ2v) is 3.02. The third kappa shape index (κ3) is 3.72. The van der Waals surface area contributed by atoms with Crippen molar-refractivity contribution in [2.45, 2.75) is 0 Å². The first-order chi connectivity index (χ1) is 6.80. The Bertz CT molecular complexity index is 335. The van der Waals surface area contributed by atoms with E-state index in [-0.39, 0.29) is 0 Å². The molecule has 0 spiro atoms. The van der Waals surface area contributed by atoms with Crippen LogP contribution < -0.4 is 5.73 Å². The van der Waals surface area contributed by atoms with E-state index in [1.54, 1.807) is 24.0 Å². The summed E-state index contributed by atoms with van der Waals surface area (Å²) in [4.78, 5) is 21.8. The van der Waals surface area contributed by atoms with Crippen LogP contribution in [0.25, 0.3) is 0 Å². The predicted octanol–water partition coefficient (Wildman–Crippen LogP) is 0.719. The highest BCUT2D eigenvalue weighted by Crippen LogP contribution is 2.02. The molecule has 14 heavy (non-hydrogen) atoms. The number of hydrogen-bond donors (Lipinski definition) is 1. The molecule has 2 aromatic heterocycles. The van der Waals surface area contributed by atoms with Crippen LogP contribution in [0, 0.1) is 0 Å². The summed E-state index contributed by atoms with van der Waals surface area (Å²) >= 11 is 1.25. The fraction of sp³-hybridized carbons (Fsp3) is 0. The van der Waals surface area contributed by atoms with Gasteiger partial charge in [0.25, 0.3) is 5.91 Å². The van der Waals surface area contributed by atoms with Crippen LogP contribution in [0.3, 0.4) is 0 Å². The highest BCUT2D eigenvalue weighted by atomic mass is 32.1. The number of aromatic nitrogens is 3. The Hall–Kier alpha value is -1.82. The Kier molecular flexibility index (Phi) is 4.22. The van der Waals surface area contributed by atoms with Gasteiger partial charge in [-0.3, -0.25) is 9.78 Å². The van der Waals surface area contributed by atoms with Crippen molar-refractivity contribution in [2.75, 3.05) is 0 Å². The first-order valence-corrected chi connectivity index (χ1v) is 4.57. The third-order valence-corrected chi connectivity index (χ3v) is 1.94. The molecule has 0 aliphatic carbocycles. The number of amides is 1. The third-order valence-electron chi connectivity index (χ3n) is 1.15. The second-order valence-electron chi connectivity index (χ2n) is 2.13. The van der Waals surface area contributed by atoms with Crippen molar-refractivity contribution in [3.05, 3.63) is 41.4 Å². The van der Waals surface area contributed by atoms with Crippen LogP contribution in [-0.2, 0) is 0 Å². The van der Waals surface area contributed by atoms with Gasteiger partial charge in [0.2, 0.25) is 0 Å². The van der Waals surface area contributed by atoms with Gasteiger partial charge in [0.05, 0.1) is 11.7 Å². The molecule has 0 atom stereocenters. The standard InChI is InChI=1S/C4H4N2OS.C4H4N2/c5-4(7)3-1-6-2-8-3;1-2-5-4-6-3-1/h1-2H,(H2,5,7);1-4H. The van der Waals surface area contributed by atoms with Gasteiger partial charge in [0.1, 0.15) is 11.2 Å². The lowest BCUT2D eigenvalue weighted by molar-refractivity contribution is 0.100. The van der Waals surface area contributed by atoms with Crippen molar-refractivity contribution < 1.29 is 4.79 Å². The van der Waals surface area contributed by atoms with Gasteiger partial charge >= 0.3 is 0 Å². The van der Waals surface area contributed by atoms with Crippen molar-refractivity contribution in [3.63, 3.8) is 0 Å². The molecule has 5 nitrogen and oxygen atoms in total. The number of primary amides is 1. The van der Waals surface area contributed by atoms with E-state index in [0.29, 0.717) is 4.88 Å². The fourth-order valence-corrected chi connectivity index (χ4v) is 1.06. The maximum atomic E-state index is 10.3. The minimum Gasteiger partial charge on any atom is -0.365 e. The van der Waals surface area contributed by atoms with Gasteiger partial charge in [0, 0.05) is 12.4 Å². The van der Waals surface area contributed by atoms with Gasteiger partial charge in [-0.1, -0.05) is 0 Å². The molecular weight excluding hydrogens is 200 g/mol. The van der Waals surface area contributed by atoms with E-state index in [4.69, 9.17) is 5.73 Å². The van der Waals surface area contributed by atoms with Crippen LogP contribution in [0.2, 0.25) is 0 Å². The molecule has 2 aromatic rings. The minimum atomic E-state index is -0.410. The van der Waals surface area contributed by atoms with E-state index in [9.17, 15) is 4.79 Å². The van der Waals surface area contributed by atoms with Crippen LogP contribution in [0.15, 0.2) is 36.5 Å². The van der Waals surface area contributed by atoms with E-state index < -0.39 is 5.91 Å². The molecule has 2 rings (SSSR count). The first-order valence-electron chi connectivity index (χ1n) is 3.69. The van der Waals surface area contributed by atoms with Gasteiger partial charge in [-0.15, -0.1) is 11.3 Å². The summed E-state index contributed by atoms with van der Waals surface area (Å²) in [5, 5.41) is 0. The van der Waals surface area contributed by atoms with Crippen molar-refractivity contribution >= 4 is 17.2 Å². The zero-order chi connectivity index (χ0) is 10.2. The molecule has 6 heteroatoms. The normalized spacial score (nSPS) is 8.57. The molecule has 2 N–H and O–H groups in total. The molecule has 0 bridgehead atoms. The molecule has 0 fully saturated rings. The molecule has 0 saturated heterocycles. The van der Waals surface area contributed by atoms with E-state index in [2.05, 4.69) is 15.0 Å². The van der Waals surface area contributed by atoms with Crippen LogP contribution in [0.4, 0.5) is 0 Å². The summed E-state index contributed by atoms with van der Waals surface area (Å²) in [6.45, 7) is 0. The maximum Gasteiger partial charge on any atom is 0.260 e. The number of carbonyl (C=O) groups excluding carboxylic acids is 1. The van der Waals surface area contributed by atoms with E-state index in [1.165, 1.54) is 23.9 Å². The first kappa shape index (κ1) is 10.3. The number of nitrogens with two attached hydrogens (primary N) is 1. The number of carbonyl (C=O) groups is 1. The highest BCUT2D eigenvalue weighted by Gasteiger charge is 1.97. The van der Waals surface area contributed by atoms with Crippen molar-refractivity contribution in [1.82, 2.24) is 15.0 Å². The SMILES string of the molecule is NC(=O)c1cncs1.c1cncnc1. The lowest BCUT2D eigenvalue weighted by atomic mass is 10.5. The summed E-state index contributed by atoms with van der Waals surface area (Å²) < 4.78 is 0. The summed E-state index contributed by atoms with van der Waals surface area (Å²) in [7, 11) is 0. The lowest BCUT2D eigenvalue weighted by Crippen LogP contribution is -2.08. The van der Waals surface area contributed by atoms with Crippen LogP contribution >= 0.6 is 11.3 Å². The van der Waals surface area contributed by atoms with Gasteiger partial charge in [-0.25, -0.2) is 9.97 Å². The average Bonchev–Trinajstić information content (AvgIpc) is 2.74. The molecule has 2 heterocycles. The Morgan fingerprint density at radius 1 is 1.29 bits per heavy atom. The zero-order valence-corrected chi connectivity index (χ0v) is 8.02. The Morgan fingerprint density at radius 3 is 2.21 bits per heavy atom. The minimum absolute atomic E-state index is 0.410. The summed E-state index contributed by atoms with van der Waals surface area (Å²) in [6, 6.07) is 1.78.